The summed E-state index contributed by atoms with van der Waals surface area (Å²) in [5.41, 5.74) is 0.952. The summed E-state index contributed by atoms with van der Waals surface area (Å²) >= 11 is 0. The molecule has 0 aromatic heterocycles. The molecule has 7 atom stereocenters. The van der Waals surface area contributed by atoms with Crippen LogP contribution in [0.25, 0.3) is 0 Å². The molecule has 310 valence electrons. The van der Waals surface area contributed by atoms with Gasteiger partial charge < -0.3 is 15.1 Å². The van der Waals surface area contributed by atoms with Gasteiger partial charge in [-0.3, -0.25) is 0 Å². The molecule has 1 aromatic carbocycles. The third kappa shape index (κ3) is 6.94. The monoisotopic (exact) mass is 815 g/mol. The van der Waals surface area contributed by atoms with Gasteiger partial charge in [-0.2, -0.15) is 65.9 Å². The summed E-state index contributed by atoms with van der Waals surface area (Å²) < 4.78 is 232. The number of aliphatic hydroxyl groups excluding tert-OH is 1. The number of allylic oxidation sites excluding steroid dienone is 1. The van der Waals surface area contributed by atoms with Crippen LogP contribution in [-0.2, 0) is 6.42 Å². The van der Waals surface area contributed by atoms with Crippen molar-refractivity contribution in [1.29, 1.82) is 0 Å². The zero-order valence-corrected chi connectivity index (χ0v) is 28.6. The summed E-state index contributed by atoms with van der Waals surface area (Å²) in [7, 11) is 1.10. The molecule has 0 bridgehead atoms. The quantitative estimate of drug-likeness (QED) is 0.145. The number of unbranched alkanes of at least 4 members (excludes halogenated alkanes) is 2. The van der Waals surface area contributed by atoms with E-state index in [1.54, 1.807) is 12.1 Å². The first kappa shape index (κ1) is 44.2. The van der Waals surface area contributed by atoms with Gasteiger partial charge in [0.15, 0.2) is 5.83 Å². The Hall–Kier alpha value is -2.51. The topological polar surface area (TPSA) is 43.7 Å². The molecule has 1 unspecified atom stereocenters. The maximum atomic E-state index is 15.9. The van der Waals surface area contributed by atoms with Crippen LogP contribution in [0.1, 0.15) is 68.9 Å². The van der Waals surface area contributed by atoms with E-state index in [2.05, 4.69) is 0 Å². The molecule has 2 fully saturated rings. The number of aromatic hydroxyl groups is 1. The first-order chi connectivity index (χ1) is 24.4. The van der Waals surface area contributed by atoms with Crippen LogP contribution in [-0.4, -0.2) is 89.2 Å². The van der Waals surface area contributed by atoms with Gasteiger partial charge in [-0.25, -0.2) is 8.78 Å². The van der Waals surface area contributed by atoms with Gasteiger partial charge in [0, 0.05) is 12.5 Å². The SMILES string of the molecule is CN(C/C=C(\F)C(F)(F)C(F)(F)C(F)(F)C(F)(F)C(F)(F)C(F)(F)C(F)(F)F)CCCCC[C@@H]1Cc2cc(O)ccc2[C@@H]2[C@@H]1[C@@H]1CCC(O)[C@@]1(C)C[C@@H]2F. The van der Waals surface area contributed by atoms with Crippen LogP contribution in [0.5, 0.6) is 5.75 Å². The number of rotatable bonds is 14. The number of hydrogen-bond donors (Lipinski definition) is 2. The van der Waals surface area contributed by atoms with Crippen molar-refractivity contribution in [2.75, 3.05) is 20.1 Å². The molecule has 3 aliphatic carbocycles. The second kappa shape index (κ2) is 14.5. The van der Waals surface area contributed by atoms with Crippen LogP contribution in [0.2, 0.25) is 0 Å². The van der Waals surface area contributed by atoms with E-state index in [0.29, 0.717) is 38.5 Å². The minimum atomic E-state index is -8.49. The van der Waals surface area contributed by atoms with Crippen LogP contribution in [0.3, 0.4) is 0 Å². The van der Waals surface area contributed by atoms with E-state index in [-0.39, 0.29) is 42.9 Å². The number of likely N-dealkylation sites (N-methyl/N-ethyl adjacent to an activating group) is 1. The van der Waals surface area contributed by atoms with Gasteiger partial charge in [0.2, 0.25) is 0 Å². The first-order valence-corrected chi connectivity index (χ1v) is 16.9. The molecule has 0 aliphatic heterocycles. The summed E-state index contributed by atoms with van der Waals surface area (Å²) in [6.07, 6.45) is -6.57. The third-order valence-corrected chi connectivity index (χ3v) is 11.6. The minimum Gasteiger partial charge on any atom is -0.508 e. The van der Waals surface area contributed by atoms with E-state index in [1.807, 2.05) is 6.92 Å². The van der Waals surface area contributed by atoms with Gasteiger partial charge in [-0.15, -0.1) is 0 Å². The Morgan fingerprint density at radius 3 is 2.00 bits per heavy atom. The van der Waals surface area contributed by atoms with Gasteiger partial charge in [0.1, 0.15) is 11.9 Å². The molecule has 0 spiro atoms. The molecular weight excluding hydrogens is 777 g/mol. The van der Waals surface area contributed by atoms with Gasteiger partial charge in [0.05, 0.1) is 6.10 Å². The molecule has 1 aromatic rings. The number of phenols is 1. The molecule has 54 heavy (non-hydrogen) atoms. The number of halogens is 17. The first-order valence-electron chi connectivity index (χ1n) is 16.9. The van der Waals surface area contributed by atoms with Crippen molar-refractivity contribution < 1.29 is 84.9 Å². The van der Waals surface area contributed by atoms with Gasteiger partial charge in [0.25, 0.3) is 0 Å². The lowest BCUT2D eigenvalue weighted by Gasteiger charge is -2.54. The fraction of sp³-hybridized carbons (Fsp3) is 0.765. The Kier molecular flexibility index (Phi) is 11.8. The molecule has 0 heterocycles. The molecule has 0 radical (unpaired) electrons. The number of alkyl halides is 16. The number of aliphatic hydroxyl groups is 1. The third-order valence-electron chi connectivity index (χ3n) is 11.6. The lowest BCUT2D eigenvalue weighted by molar-refractivity contribution is -0.450. The average molecular weight is 816 g/mol. The molecule has 0 saturated heterocycles. The molecule has 2 N–H and O–H groups in total. The summed E-state index contributed by atoms with van der Waals surface area (Å²) in [5.74, 6) is -52.7. The number of phenolic OH excluding ortho intramolecular Hbond substituents is 1. The molecule has 4 rings (SSSR count). The second-order valence-corrected chi connectivity index (χ2v) is 15.0. The number of benzene rings is 1. The highest BCUT2D eigenvalue weighted by molar-refractivity contribution is 5.41. The van der Waals surface area contributed by atoms with Crippen LogP contribution in [0.4, 0.5) is 74.6 Å². The Morgan fingerprint density at radius 1 is 0.833 bits per heavy atom. The van der Waals surface area contributed by atoms with Crippen molar-refractivity contribution in [1.82, 2.24) is 4.90 Å². The standard InChI is InChI=1S/C34H38F17NO2/c1-27-16-22(35)26-20-8-7-19(53)15-18(20)14-17(25(26)21(27)9-10-24(27)54)6-4-3-5-12-52(2)13-11-23(36)28(37,38)29(39,40)30(41,42)31(43,44)32(45,46)33(47,48)34(49,50)51/h7-8,11,15,17,21-22,24-26,53-54H,3-6,9-10,12-14,16H2,1-2H3/b23-11-/t17-,21+,22+,24?,25+,26+,27+/m1/s1. The highest BCUT2D eigenvalue weighted by atomic mass is 19.4. The van der Waals surface area contributed by atoms with E-state index >= 15 is 4.39 Å². The molecule has 3 aliphatic rings. The second-order valence-electron chi connectivity index (χ2n) is 15.0. The van der Waals surface area contributed by atoms with Gasteiger partial charge in [-0.05, 0) is 105 Å². The van der Waals surface area contributed by atoms with Crippen molar-refractivity contribution in [2.24, 2.45) is 23.2 Å². The van der Waals surface area contributed by atoms with Crippen LogP contribution in [0, 0.1) is 23.2 Å². The molecule has 20 heteroatoms. The molecule has 3 nitrogen and oxygen atoms in total. The number of hydrogen-bond acceptors (Lipinski definition) is 3. The highest BCUT2D eigenvalue weighted by Gasteiger charge is 2.93. The van der Waals surface area contributed by atoms with Crippen molar-refractivity contribution in [3.63, 3.8) is 0 Å². The minimum absolute atomic E-state index is 0.00656. The predicted molar refractivity (Wildman–Crippen MR) is 159 cm³/mol. The predicted octanol–water partition coefficient (Wildman–Crippen LogP) is 10.5. The Labute approximate surface area is 298 Å². The zero-order valence-electron chi connectivity index (χ0n) is 28.6. The van der Waals surface area contributed by atoms with E-state index in [4.69, 9.17) is 0 Å². The largest absolute Gasteiger partial charge is 0.508 e. The van der Waals surface area contributed by atoms with Crippen LogP contribution >= 0.6 is 0 Å². The summed E-state index contributed by atoms with van der Waals surface area (Å²) in [6, 6.07) is 4.78. The lowest BCUT2D eigenvalue weighted by atomic mass is 9.51. The lowest BCUT2D eigenvalue weighted by Crippen LogP contribution is -2.72. The number of fused-ring (bicyclic) bond motifs is 5. The maximum Gasteiger partial charge on any atom is 0.460 e. The van der Waals surface area contributed by atoms with Crippen molar-refractivity contribution >= 4 is 0 Å². The summed E-state index contributed by atoms with van der Waals surface area (Å²) in [4.78, 5) is 0.981. The fourth-order valence-corrected chi connectivity index (χ4v) is 8.57. The summed E-state index contributed by atoms with van der Waals surface area (Å²) in [5, 5.41) is 20.8. The average Bonchev–Trinajstić information content (AvgIpc) is 3.34. The van der Waals surface area contributed by atoms with Crippen LogP contribution in [0.15, 0.2) is 30.1 Å². The Balaban J connectivity index is 1.38. The number of nitrogens with zero attached hydrogens (tertiary/aromatic N) is 1. The smallest absolute Gasteiger partial charge is 0.460 e. The van der Waals surface area contributed by atoms with Crippen molar-refractivity contribution in [2.45, 2.75) is 118 Å². The maximum absolute atomic E-state index is 15.9. The van der Waals surface area contributed by atoms with E-state index < -0.39 is 83.8 Å². The van der Waals surface area contributed by atoms with E-state index in [9.17, 15) is 80.5 Å². The van der Waals surface area contributed by atoms with E-state index in [1.165, 1.54) is 6.07 Å². The normalized spacial score (nSPS) is 28.9. The molecule has 0 amide bonds. The highest BCUT2D eigenvalue weighted by Crippen LogP contribution is 2.65. The Bertz CT molecular complexity index is 1530. The van der Waals surface area contributed by atoms with Crippen molar-refractivity contribution in [3.05, 3.63) is 41.2 Å². The Morgan fingerprint density at radius 2 is 1.41 bits per heavy atom. The molecule has 2 saturated carbocycles. The zero-order chi connectivity index (χ0) is 41.3. The van der Waals surface area contributed by atoms with Gasteiger partial charge >= 0.3 is 41.7 Å². The summed E-state index contributed by atoms with van der Waals surface area (Å²) in [6.45, 7) is 0.700. The molecular formula is C34H38F17NO2. The van der Waals surface area contributed by atoms with Crippen molar-refractivity contribution in [3.8, 4) is 5.75 Å². The fourth-order valence-electron chi connectivity index (χ4n) is 8.57. The van der Waals surface area contributed by atoms with E-state index in [0.717, 1.165) is 23.1 Å². The van der Waals surface area contributed by atoms with Crippen LogP contribution < -0.4 is 0 Å². The van der Waals surface area contributed by atoms with Gasteiger partial charge in [-0.1, -0.05) is 25.8 Å².